The molecular formula is C25H30N2O7. The molecule has 0 aliphatic carbocycles. The molecule has 1 unspecified atom stereocenters. The van der Waals surface area contributed by atoms with Gasteiger partial charge in [0.2, 0.25) is 11.8 Å². The van der Waals surface area contributed by atoms with Gasteiger partial charge in [-0.25, -0.2) is 9.59 Å². The molecule has 2 heterocycles. The molecular weight excluding hydrogens is 440 g/mol. The van der Waals surface area contributed by atoms with E-state index in [2.05, 4.69) is 31.4 Å². The standard InChI is InChI=1S/C25H30N2O7/c1-12(2)22(23(30)31)27-21(29)10-26-20(28)8-15-13(3)14-7-16-17(25(4,5)6)11-33-18(16)9-19(14)34-24(15)32/h7,9,11-12,22H,8,10H2,1-6H3,(H,26,28)(H,27,29)(H,30,31). The zero-order valence-corrected chi connectivity index (χ0v) is 20.2. The largest absolute Gasteiger partial charge is 0.480 e. The Labute approximate surface area is 196 Å². The second-order valence-corrected chi connectivity index (χ2v) is 9.82. The zero-order chi connectivity index (χ0) is 25.4. The van der Waals surface area contributed by atoms with Crippen LogP contribution in [0.2, 0.25) is 0 Å². The Balaban J connectivity index is 1.82. The van der Waals surface area contributed by atoms with E-state index in [-0.39, 0.29) is 23.3 Å². The minimum Gasteiger partial charge on any atom is -0.480 e. The molecule has 3 aromatic rings. The summed E-state index contributed by atoms with van der Waals surface area (Å²) in [6.45, 7) is 10.9. The van der Waals surface area contributed by atoms with Crippen molar-refractivity contribution in [2.24, 2.45) is 5.92 Å². The summed E-state index contributed by atoms with van der Waals surface area (Å²) in [5.41, 5.74) is 2.00. The third-order valence-electron chi connectivity index (χ3n) is 5.82. The number of hydrogen-bond acceptors (Lipinski definition) is 6. The number of benzene rings is 1. The number of amides is 2. The summed E-state index contributed by atoms with van der Waals surface area (Å²) in [4.78, 5) is 48.4. The Morgan fingerprint density at radius 1 is 1.06 bits per heavy atom. The lowest BCUT2D eigenvalue weighted by molar-refractivity contribution is -0.143. The van der Waals surface area contributed by atoms with E-state index >= 15 is 0 Å². The lowest BCUT2D eigenvalue weighted by atomic mass is 9.86. The normalized spacial score (nSPS) is 12.8. The number of rotatable bonds is 7. The van der Waals surface area contributed by atoms with Crippen molar-refractivity contribution in [2.45, 2.75) is 59.4 Å². The number of hydrogen-bond donors (Lipinski definition) is 3. The maximum Gasteiger partial charge on any atom is 0.340 e. The number of furan rings is 1. The van der Waals surface area contributed by atoms with Gasteiger partial charge in [0, 0.05) is 22.4 Å². The third kappa shape index (κ3) is 5.13. The second kappa shape index (κ2) is 9.32. The van der Waals surface area contributed by atoms with E-state index in [1.54, 1.807) is 33.1 Å². The Kier molecular flexibility index (Phi) is 6.86. The van der Waals surface area contributed by atoms with Gasteiger partial charge in [0.15, 0.2) is 0 Å². The number of aliphatic carboxylic acids is 1. The first-order valence-corrected chi connectivity index (χ1v) is 11.1. The summed E-state index contributed by atoms with van der Waals surface area (Å²) < 4.78 is 11.1. The van der Waals surface area contributed by atoms with Gasteiger partial charge in [0.05, 0.1) is 24.8 Å². The maximum absolute atomic E-state index is 12.6. The quantitative estimate of drug-likeness (QED) is 0.451. The average molecular weight is 471 g/mol. The molecule has 3 rings (SSSR count). The molecule has 0 radical (unpaired) electrons. The molecule has 0 bridgehead atoms. The van der Waals surface area contributed by atoms with Crippen LogP contribution in [0.4, 0.5) is 0 Å². The van der Waals surface area contributed by atoms with Crippen molar-refractivity contribution in [3.63, 3.8) is 0 Å². The van der Waals surface area contributed by atoms with Gasteiger partial charge in [-0.3, -0.25) is 9.59 Å². The SMILES string of the molecule is Cc1c(CC(=O)NCC(=O)NC(C(=O)O)C(C)C)c(=O)oc2cc3occ(C(C)(C)C)c3cc12. The molecule has 0 saturated heterocycles. The van der Waals surface area contributed by atoms with Gasteiger partial charge in [-0.05, 0) is 29.9 Å². The molecule has 2 amide bonds. The van der Waals surface area contributed by atoms with E-state index < -0.39 is 36.0 Å². The van der Waals surface area contributed by atoms with Gasteiger partial charge in [0.1, 0.15) is 17.2 Å². The fraction of sp³-hybridized carbons (Fsp3) is 0.440. The molecule has 0 fully saturated rings. The predicted molar refractivity (Wildman–Crippen MR) is 127 cm³/mol. The summed E-state index contributed by atoms with van der Waals surface area (Å²) >= 11 is 0. The van der Waals surface area contributed by atoms with E-state index in [9.17, 15) is 24.3 Å². The first-order valence-electron chi connectivity index (χ1n) is 11.1. The first kappa shape index (κ1) is 25.0. The van der Waals surface area contributed by atoms with Crippen LogP contribution in [0.15, 0.2) is 32.0 Å². The molecule has 182 valence electrons. The van der Waals surface area contributed by atoms with Gasteiger partial charge < -0.3 is 24.6 Å². The minimum atomic E-state index is -1.15. The third-order valence-corrected chi connectivity index (χ3v) is 5.82. The van der Waals surface area contributed by atoms with E-state index in [4.69, 9.17) is 8.83 Å². The van der Waals surface area contributed by atoms with Crippen molar-refractivity contribution in [1.82, 2.24) is 10.6 Å². The van der Waals surface area contributed by atoms with Crippen LogP contribution < -0.4 is 16.3 Å². The molecule has 9 heteroatoms. The Morgan fingerprint density at radius 3 is 2.32 bits per heavy atom. The highest BCUT2D eigenvalue weighted by Crippen LogP contribution is 2.35. The van der Waals surface area contributed by atoms with E-state index in [1.165, 1.54) is 0 Å². The van der Waals surface area contributed by atoms with Gasteiger partial charge in [-0.15, -0.1) is 0 Å². The zero-order valence-electron chi connectivity index (χ0n) is 20.2. The van der Waals surface area contributed by atoms with Gasteiger partial charge in [-0.1, -0.05) is 34.6 Å². The molecule has 1 aromatic carbocycles. The number of nitrogens with one attached hydrogen (secondary N) is 2. The molecule has 2 aromatic heterocycles. The fourth-order valence-corrected chi connectivity index (χ4v) is 3.84. The molecule has 9 nitrogen and oxygen atoms in total. The van der Waals surface area contributed by atoms with Gasteiger partial charge >= 0.3 is 11.6 Å². The highest BCUT2D eigenvalue weighted by Gasteiger charge is 2.24. The monoisotopic (exact) mass is 470 g/mol. The summed E-state index contributed by atoms with van der Waals surface area (Å²) in [7, 11) is 0. The summed E-state index contributed by atoms with van der Waals surface area (Å²) in [5, 5.41) is 15.6. The number of carboxylic acid groups (broad SMARTS) is 1. The van der Waals surface area contributed by atoms with Crippen molar-refractivity contribution >= 4 is 39.7 Å². The van der Waals surface area contributed by atoms with Crippen LogP contribution in [0.25, 0.3) is 21.9 Å². The lowest BCUT2D eigenvalue weighted by Gasteiger charge is -2.18. The van der Waals surface area contributed by atoms with Crippen LogP contribution in [-0.2, 0) is 26.2 Å². The number of fused-ring (bicyclic) bond motifs is 2. The van der Waals surface area contributed by atoms with Gasteiger partial charge in [0.25, 0.3) is 0 Å². The van der Waals surface area contributed by atoms with Crippen LogP contribution in [0.3, 0.4) is 0 Å². The highest BCUT2D eigenvalue weighted by atomic mass is 16.4. The molecule has 0 spiro atoms. The molecule has 3 N–H and O–H groups in total. The van der Waals surface area contributed by atoms with Crippen LogP contribution >= 0.6 is 0 Å². The lowest BCUT2D eigenvalue weighted by Crippen LogP contribution is -2.48. The van der Waals surface area contributed by atoms with Crippen molar-refractivity contribution < 1.29 is 28.3 Å². The number of carbonyl (C=O) groups is 3. The smallest absolute Gasteiger partial charge is 0.340 e. The Morgan fingerprint density at radius 2 is 1.74 bits per heavy atom. The molecule has 0 saturated carbocycles. The summed E-state index contributed by atoms with van der Waals surface area (Å²) in [6.07, 6.45) is 1.42. The van der Waals surface area contributed by atoms with Crippen molar-refractivity contribution in [3.05, 3.63) is 45.5 Å². The van der Waals surface area contributed by atoms with E-state index in [0.717, 1.165) is 10.9 Å². The topological polar surface area (TPSA) is 139 Å². The van der Waals surface area contributed by atoms with Crippen molar-refractivity contribution in [3.8, 4) is 0 Å². The van der Waals surface area contributed by atoms with Crippen LogP contribution in [0.5, 0.6) is 0 Å². The van der Waals surface area contributed by atoms with Crippen LogP contribution in [0.1, 0.15) is 51.3 Å². The minimum absolute atomic E-state index is 0.152. The first-order chi connectivity index (χ1) is 15.8. The van der Waals surface area contributed by atoms with Gasteiger partial charge in [-0.2, -0.15) is 0 Å². The predicted octanol–water partition coefficient (Wildman–Crippen LogP) is 3.03. The fourth-order valence-electron chi connectivity index (χ4n) is 3.84. The molecule has 0 aliphatic rings. The second-order valence-electron chi connectivity index (χ2n) is 9.82. The van der Waals surface area contributed by atoms with Crippen molar-refractivity contribution in [1.29, 1.82) is 0 Å². The van der Waals surface area contributed by atoms with E-state index in [1.807, 2.05) is 6.07 Å². The van der Waals surface area contributed by atoms with Crippen LogP contribution in [-0.4, -0.2) is 35.5 Å². The summed E-state index contributed by atoms with van der Waals surface area (Å²) in [6, 6.07) is 2.52. The van der Waals surface area contributed by atoms with E-state index in [0.29, 0.717) is 22.1 Å². The van der Waals surface area contributed by atoms with Crippen molar-refractivity contribution in [2.75, 3.05) is 6.54 Å². The number of aryl methyl sites for hydroxylation is 1. The number of carbonyl (C=O) groups excluding carboxylic acids is 2. The highest BCUT2D eigenvalue weighted by molar-refractivity contribution is 5.97. The molecule has 0 aliphatic heterocycles. The average Bonchev–Trinajstić information content (AvgIpc) is 3.15. The summed E-state index contributed by atoms with van der Waals surface area (Å²) in [5.74, 6) is -2.65. The Bertz CT molecular complexity index is 1330. The maximum atomic E-state index is 12.6. The molecule has 34 heavy (non-hydrogen) atoms. The Hall–Kier alpha value is -3.62. The molecule has 1 atom stereocenters. The van der Waals surface area contributed by atoms with Crippen LogP contribution in [0, 0.1) is 12.8 Å². The number of carboxylic acids is 1.